The van der Waals surface area contributed by atoms with Gasteiger partial charge in [0.2, 0.25) is 5.91 Å². The number of benzene rings is 3. The van der Waals surface area contributed by atoms with Gasteiger partial charge in [-0.05, 0) is 66.6 Å². The summed E-state index contributed by atoms with van der Waals surface area (Å²) in [7, 11) is -4.00. The summed E-state index contributed by atoms with van der Waals surface area (Å²) in [6, 6.07) is 21.1. The summed E-state index contributed by atoms with van der Waals surface area (Å²) in [5, 5.41) is 2.86. The fourth-order valence-electron chi connectivity index (χ4n) is 4.09. The van der Waals surface area contributed by atoms with E-state index in [1.807, 2.05) is 19.1 Å². The molecule has 1 aliphatic rings. The summed E-state index contributed by atoms with van der Waals surface area (Å²) in [6.45, 7) is 6.54. The zero-order valence-electron chi connectivity index (χ0n) is 21.3. The highest BCUT2D eigenvalue weighted by Crippen LogP contribution is 2.26. The van der Waals surface area contributed by atoms with Crippen LogP contribution in [0.3, 0.4) is 0 Å². The maximum absolute atomic E-state index is 13.6. The average Bonchev–Trinajstić information content (AvgIpc) is 2.93. The Morgan fingerprint density at radius 2 is 1.61 bits per heavy atom. The summed E-state index contributed by atoms with van der Waals surface area (Å²) < 4.78 is 39.9. The lowest BCUT2D eigenvalue weighted by atomic mass is 10.1. The molecule has 10 heteroatoms. The number of carbonyl (C=O) groups excluding carboxylic acids is 1. The number of nitrogens with zero attached hydrogens (tertiary/aromatic N) is 2. The molecule has 1 saturated heterocycles. The van der Waals surface area contributed by atoms with E-state index in [1.165, 1.54) is 17.7 Å². The quantitative estimate of drug-likeness (QED) is 0.354. The molecule has 8 nitrogen and oxygen atoms in total. The Balaban J connectivity index is 1.44. The van der Waals surface area contributed by atoms with Gasteiger partial charge in [-0.3, -0.25) is 14.0 Å². The number of nitrogens with one attached hydrogen (secondary N) is 1. The van der Waals surface area contributed by atoms with Crippen molar-refractivity contribution in [1.29, 1.82) is 0 Å². The second-order valence-corrected chi connectivity index (χ2v) is 11.7. The van der Waals surface area contributed by atoms with Crippen molar-refractivity contribution in [3.05, 3.63) is 88.4 Å². The third-order valence-electron chi connectivity index (χ3n) is 6.15. The maximum atomic E-state index is 13.6. The first-order chi connectivity index (χ1) is 18.3. The second kappa shape index (κ2) is 13.2. The van der Waals surface area contributed by atoms with Crippen LogP contribution in [-0.2, 0) is 32.6 Å². The molecule has 0 aromatic heterocycles. The van der Waals surface area contributed by atoms with E-state index in [0.717, 1.165) is 47.2 Å². The topological polar surface area (TPSA) is 88.2 Å². The van der Waals surface area contributed by atoms with E-state index in [2.05, 4.69) is 38.3 Å². The highest BCUT2D eigenvalue weighted by atomic mass is 79.9. The molecule has 3 aromatic carbocycles. The lowest BCUT2D eigenvalue weighted by Gasteiger charge is -2.26. The molecule has 0 atom stereocenters. The van der Waals surface area contributed by atoms with E-state index < -0.39 is 15.9 Å². The standard InChI is InChI=1S/C28H32BrN3O5S/c1-2-37-26-11-9-25(10-12-26)32(38(34,35)27-13-7-24(29)8-14-27)21-28(33)30-19-22-3-5-23(6-4-22)20-31-15-17-36-18-16-31/h3-14H,2,15-21H2,1H3,(H,30,33). The van der Waals surface area contributed by atoms with Crippen LogP contribution in [0.15, 0.2) is 82.2 Å². The molecule has 202 valence electrons. The van der Waals surface area contributed by atoms with E-state index in [9.17, 15) is 13.2 Å². The number of carbonyl (C=O) groups is 1. The van der Waals surface area contributed by atoms with E-state index in [1.54, 1.807) is 36.4 Å². The average molecular weight is 603 g/mol. The molecule has 1 heterocycles. The number of sulfonamides is 1. The Kier molecular flexibility index (Phi) is 9.79. The van der Waals surface area contributed by atoms with Crippen molar-refractivity contribution in [1.82, 2.24) is 10.2 Å². The van der Waals surface area contributed by atoms with Crippen LogP contribution in [0.1, 0.15) is 18.1 Å². The number of halogens is 1. The molecule has 0 bridgehead atoms. The number of amides is 1. The lowest BCUT2D eigenvalue weighted by molar-refractivity contribution is -0.119. The smallest absolute Gasteiger partial charge is 0.264 e. The van der Waals surface area contributed by atoms with Crippen molar-refractivity contribution in [2.75, 3.05) is 43.8 Å². The molecule has 0 saturated carbocycles. The van der Waals surface area contributed by atoms with Gasteiger partial charge in [-0.2, -0.15) is 0 Å². The van der Waals surface area contributed by atoms with E-state index in [0.29, 0.717) is 24.6 Å². The van der Waals surface area contributed by atoms with Gasteiger partial charge in [-0.1, -0.05) is 40.2 Å². The molecule has 0 spiro atoms. The lowest BCUT2D eigenvalue weighted by Crippen LogP contribution is -2.40. The minimum Gasteiger partial charge on any atom is -0.494 e. The van der Waals surface area contributed by atoms with Gasteiger partial charge in [-0.25, -0.2) is 8.42 Å². The fourth-order valence-corrected chi connectivity index (χ4v) is 5.78. The Hall–Kier alpha value is -2.92. The molecule has 1 N–H and O–H groups in total. The first kappa shape index (κ1) is 28.1. The van der Waals surface area contributed by atoms with Crippen LogP contribution in [0.4, 0.5) is 5.69 Å². The van der Waals surface area contributed by atoms with Gasteiger partial charge in [0.05, 0.1) is 30.4 Å². The number of morpholine rings is 1. The van der Waals surface area contributed by atoms with Crippen molar-refractivity contribution in [2.45, 2.75) is 24.9 Å². The van der Waals surface area contributed by atoms with Gasteiger partial charge in [0, 0.05) is 30.7 Å². The van der Waals surface area contributed by atoms with Crippen LogP contribution in [0, 0.1) is 0 Å². The first-order valence-corrected chi connectivity index (χ1v) is 14.7. The van der Waals surface area contributed by atoms with E-state index in [4.69, 9.17) is 9.47 Å². The molecule has 0 radical (unpaired) electrons. The molecular weight excluding hydrogens is 570 g/mol. The molecular formula is C28H32BrN3O5S. The molecule has 4 rings (SSSR count). The molecule has 3 aromatic rings. The van der Waals surface area contributed by atoms with Crippen molar-refractivity contribution < 1.29 is 22.7 Å². The molecule has 1 fully saturated rings. The Morgan fingerprint density at radius 1 is 0.974 bits per heavy atom. The van der Waals surface area contributed by atoms with E-state index >= 15 is 0 Å². The largest absolute Gasteiger partial charge is 0.494 e. The SMILES string of the molecule is CCOc1ccc(N(CC(=O)NCc2ccc(CN3CCOCC3)cc2)S(=O)(=O)c2ccc(Br)cc2)cc1. The molecule has 0 unspecified atom stereocenters. The van der Waals surface area contributed by atoms with Crippen molar-refractivity contribution in [3.8, 4) is 5.75 Å². The van der Waals surface area contributed by atoms with Crippen LogP contribution in [0.2, 0.25) is 0 Å². The molecule has 1 aliphatic heterocycles. The number of ether oxygens (including phenoxy) is 2. The maximum Gasteiger partial charge on any atom is 0.264 e. The Morgan fingerprint density at radius 3 is 2.24 bits per heavy atom. The van der Waals surface area contributed by atoms with Crippen LogP contribution < -0.4 is 14.4 Å². The third-order valence-corrected chi connectivity index (χ3v) is 8.46. The summed E-state index contributed by atoms with van der Waals surface area (Å²) in [4.78, 5) is 15.4. The predicted molar refractivity (Wildman–Crippen MR) is 151 cm³/mol. The zero-order chi connectivity index (χ0) is 27.0. The minimum atomic E-state index is -4.00. The van der Waals surface area contributed by atoms with Gasteiger partial charge < -0.3 is 14.8 Å². The third kappa shape index (κ3) is 7.57. The Bertz CT molecular complexity index is 1290. The van der Waals surface area contributed by atoms with Gasteiger partial charge >= 0.3 is 0 Å². The zero-order valence-corrected chi connectivity index (χ0v) is 23.7. The summed E-state index contributed by atoms with van der Waals surface area (Å²) in [5.41, 5.74) is 2.51. The van der Waals surface area contributed by atoms with Crippen molar-refractivity contribution >= 4 is 37.5 Å². The fraction of sp³-hybridized carbons (Fsp3) is 0.321. The first-order valence-electron chi connectivity index (χ1n) is 12.5. The van der Waals surface area contributed by atoms with E-state index in [-0.39, 0.29) is 11.4 Å². The number of rotatable bonds is 11. The van der Waals surface area contributed by atoms with Crippen LogP contribution in [-0.4, -0.2) is 58.7 Å². The highest BCUT2D eigenvalue weighted by Gasteiger charge is 2.27. The Labute approximate surface area is 232 Å². The minimum absolute atomic E-state index is 0.0956. The van der Waals surface area contributed by atoms with Gasteiger partial charge in [0.25, 0.3) is 10.0 Å². The molecule has 38 heavy (non-hydrogen) atoms. The van der Waals surface area contributed by atoms with Crippen molar-refractivity contribution in [2.24, 2.45) is 0 Å². The van der Waals surface area contributed by atoms with Crippen molar-refractivity contribution in [3.63, 3.8) is 0 Å². The summed E-state index contributed by atoms with van der Waals surface area (Å²) in [6.07, 6.45) is 0. The molecule has 1 amide bonds. The summed E-state index contributed by atoms with van der Waals surface area (Å²) >= 11 is 3.34. The van der Waals surface area contributed by atoms with Gasteiger partial charge in [-0.15, -0.1) is 0 Å². The number of anilines is 1. The van der Waals surface area contributed by atoms with Crippen LogP contribution in [0.25, 0.3) is 0 Å². The summed E-state index contributed by atoms with van der Waals surface area (Å²) in [5.74, 6) is 0.218. The van der Waals surface area contributed by atoms with Gasteiger partial charge in [0.1, 0.15) is 12.3 Å². The number of hydrogen-bond donors (Lipinski definition) is 1. The highest BCUT2D eigenvalue weighted by molar-refractivity contribution is 9.10. The molecule has 0 aliphatic carbocycles. The normalized spacial score (nSPS) is 14.2. The predicted octanol–water partition coefficient (Wildman–Crippen LogP) is 4.19. The number of hydrogen-bond acceptors (Lipinski definition) is 6. The second-order valence-electron chi connectivity index (χ2n) is 8.87. The van der Waals surface area contributed by atoms with Crippen LogP contribution >= 0.6 is 15.9 Å². The van der Waals surface area contributed by atoms with Crippen LogP contribution in [0.5, 0.6) is 5.75 Å². The van der Waals surface area contributed by atoms with Gasteiger partial charge in [0.15, 0.2) is 0 Å². The monoisotopic (exact) mass is 601 g/mol.